The highest BCUT2D eigenvalue weighted by Gasteiger charge is 2.40. The fourth-order valence-electron chi connectivity index (χ4n) is 3.58. The minimum absolute atomic E-state index is 0.00193. The van der Waals surface area contributed by atoms with Gasteiger partial charge in [-0.25, -0.2) is 4.39 Å². The van der Waals surface area contributed by atoms with E-state index in [1.54, 1.807) is 28.8 Å². The summed E-state index contributed by atoms with van der Waals surface area (Å²) in [4.78, 5) is 29.0. The number of anilines is 1. The van der Waals surface area contributed by atoms with Crippen molar-refractivity contribution in [2.75, 3.05) is 23.7 Å². The van der Waals surface area contributed by atoms with Crippen LogP contribution in [0.1, 0.15) is 17.4 Å². The van der Waals surface area contributed by atoms with Crippen LogP contribution in [0.2, 0.25) is 5.02 Å². The Kier molecular flexibility index (Phi) is 5.10. The Labute approximate surface area is 166 Å². The topological polar surface area (TPSA) is 40.6 Å². The maximum absolute atomic E-state index is 13.1. The van der Waals surface area contributed by atoms with Gasteiger partial charge < -0.3 is 9.80 Å². The Bertz CT molecular complexity index is 859. The molecular formula is C20H18ClFN2O2S. The number of rotatable bonds is 3. The summed E-state index contributed by atoms with van der Waals surface area (Å²) in [5.74, 6) is 0.0308. The number of nitrogens with zero attached hydrogens (tertiary/aromatic N) is 2. The Morgan fingerprint density at radius 2 is 1.81 bits per heavy atom. The smallest absolute Gasteiger partial charge is 0.229 e. The predicted octanol–water partition coefficient (Wildman–Crippen LogP) is 4.11. The monoisotopic (exact) mass is 404 g/mol. The van der Waals surface area contributed by atoms with Crippen LogP contribution in [-0.4, -0.2) is 35.6 Å². The summed E-state index contributed by atoms with van der Waals surface area (Å²) in [6.45, 7) is 0.996. The standard InChI is InChI=1S/C20H18ClFN2O2S/c21-15-3-1-13(2-4-15)20-23(9-10-27-20)19(26)14-11-18(25)24(12-14)17-7-5-16(22)6-8-17/h1-8,14,20H,9-12H2. The van der Waals surface area contributed by atoms with E-state index < -0.39 is 0 Å². The molecule has 2 saturated heterocycles. The zero-order valence-corrected chi connectivity index (χ0v) is 16.0. The molecule has 4 nitrogen and oxygen atoms in total. The summed E-state index contributed by atoms with van der Waals surface area (Å²) in [7, 11) is 0. The first-order valence-electron chi connectivity index (χ1n) is 8.76. The van der Waals surface area contributed by atoms with Crippen molar-refractivity contribution in [3.05, 3.63) is 64.9 Å². The number of hydrogen-bond donors (Lipinski definition) is 0. The maximum Gasteiger partial charge on any atom is 0.229 e. The van der Waals surface area contributed by atoms with Crippen LogP contribution in [0.5, 0.6) is 0 Å². The lowest BCUT2D eigenvalue weighted by Gasteiger charge is -2.27. The van der Waals surface area contributed by atoms with Crippen molar-refractivity contribution in [1.82, 2.24) is 4.90 Å². The van der Waals surface area contributed by atoms with E-state index >= 15 is 0 Å². The lowest BCUT2D eigenvalue weighted by atomic mass is 10.1. The molecule has 2 aromatic carbocycles. The third-order valence-corrected chi connectivity index (χ3v) is 6.45. The molecule has 2 unspecified atom stereocenters. The fourth-order valence-corrected chi connectivity index (χ4v) is 4.97. The summed E-state index contributed by atoms with van der Waals surface area (Å²) < 4.78 is 13.1. The van der Waals surface area contributed by atoms with Crippen LogP contribution >= 0.6 is 23.4 Å². The van der Waals surface area contributed by atoms with Gasteiger partial charge in [-0.2, -0.15) is 0 Å². The van der Waals surface area contributed by atoms with E-state index in [0.717, 1.165) is 11.3 Å². The van der Waals surface area contributed by atoms with Gasteiger partial charge in [0.2, 0.25) is 11.8 Å². The minimum Gasteiger partial charge on any atom is -0.325 e. The molecule has 2 heterocycles. The highest BCUT2D eigenvalue weighted by molar-refractivity contribution is 7.99. The lowest BCUT2D eigenvalue weighted by molar-refractivity contribution is -0.136. The zero-order chi connectivity index (χ0) is 19.0. The van der Waals surface area contributed by atoms with Gasteiger partial charge in [0.25, 0.3) is 0 Å². The minimum atomic E-state index is -0.379. The van der Waals surface area contributed by atoms with E-state index in [-0.39, 0.29) is 35.3 Å². The van der Waals surface area contributed by atoms with Crippen LogP contribution in [0, 0.1) is 11.7 Å². The van der Waals surface area contributed by atoms with E-state index in [1.807, 2.05) is 29.2 Å². The molecule has 2 aliphatic rings. The summed E-state index contributed by atoms with van der Waals surface area (Å²) in [5, 5.41) is 0.612. The van der Waals surface area contributed by atoms with Crippen molar-refractivity contribution in [3.8, 4) is 0 Å². The molecule has 0 N–H and O–H groups in total. The van der Waals surface area contributed by atoms with E-state index in [2.05, 4.69) is 0 Å². The van der Waals surface area contributed by atoms with Crippen LogP contribution in [0.3, 0.4) is 0 Å². The largest absolute Gasteiger partial charge is 0.325 e. The van der Waals surface area contributed by atoms with Gasteiger partial charge in [0.15, 0.2) is 0 Å². The van der Waals surface area contributed by atoms with Gasteiger partial charge in [0.05, 0.1) is 5.92 Å². The first kappa shape index (κ1) is 18.3. The second-order valence-electron chi connectivity index (χ2n) is 6.69. The van der Waals surface area contributed by atoms with E-state index in [4.69, 9.17) is 11.6 Å². The number of carbonyl (C=O) groups is 2. The number of carbonyl (C=O) groups excluding carboxylic acids is 2. The van der Waals surface area contributed by atoms with Crippen molar-refractivity contribution in [3.63, 3.8) is 0 Å². The summed E-state index contributed by atoms with van der Waals surface area (Å²) >= 11 is 7.69. The number of halogens is 2. The highest BCUT2D eigenvalue weighted by Crippen LogP contribution is 2.40. The molecule has 0 saturated carbocycles. The van der Waals surface area contributed by atoms with Crippen LogP contribution in [0.25, 0.3) is 0 Å². The number of thioether (sulfide) groups is 1. The van der Waals surface area contributed by atoms with Gasteiger partial charge in [0, 0.05) is 36.0 Å². The molecular weight excluding hydrogens is 387 g/mol. The third kappa shape index (κ3) is 3.69. The molecule has 2 aromatic rings. The van der Waals surface area contributed by atoms with E-state index in [1.165, 1.54) is 12.1 Å². The lowest BCUT2D eigenvalue weighted by Crippen LogP contribution is -2.37. The second-order valence-corrected chi connectivity index (χ2v) is 8.31. The molecule has 140 valence electrons. The molecule has 0 spiro atoms. The van der Waals surface area contributed by atoms with Gasteiger partial charge >= 0.3 is 0 Å². The van der Waals surface area contributed by atoms with Crippen molar-refractivity contribution in [2.24, 2.45) is 5.92 Å². The van der Waals surface area contributed by atoms with Crippen molar-refractivity contribution in [1.29, 1.82) is 0 Å². The van der Waals surface area contributed by atoms with Gasteiger partial charge in [-0.3, -0.25) is 9.59 Å². The summed E-state index contributed by atoms with van der Waals surface area (Å²) in [6.07, 6.45) is 0.185. The molecule has 2 atom stereocenters. The molecule has 0 aliphatic carbocycles. The number of hydrogen-bond acceptors (Lipinski definition) is 3. The molecule has 2 aliphatic heterocycles. The van der Waals surface area contributed by atoms with Gasteiger partial charge in [-0.05, 0) is 42.0 Å². The average Bonchev–Trinajstić information content (AvgIpc) is 3.30. The van der Waals surface area contributed by atoms with E-state index in [9.17, 15) is 14.0 Å². The molecule has 2 fully saturated rings. The number of benzene rings is 2. The summed E-state index contributed by atoms with van der Waals surface area (Å²) in [5.41, 5.74) is 1.66. The molecule has 0 radical (unpaired) electrons. The highest BCUT2D eigenvalue weighted by atomic mass is 35.5. The van der Waals surface area contributed by atoms with Crippen molar-refractivity contribution < 1.29 is 14.0 Å². The van der Waals surface area contributed by atoms with Crippen LogP contribution in [-0.2, 0) is 9.59 Å². The average molecular weight is 405 g/mol. The maximum atomic E-state index is 13.1. The Morgan fingerprint density at radius 1 is 1.11 bits per heavy atom. The molecule has 27 heavy (non-hydrogen) atoms. The van der Waals surface area contributed by atoms with Crippen molar-refractivity contribution in [2.45, 2.75) is 11.8 Å². The quantitative estimate of drug-likeness (QED) is 0.773. The number of amides is 2. The third-order valence-electron chi connectivity index (χ3n) is 4.94. The van der Waals surface area contributed by atoms with Crippen LogP contribution < -0.4 is 4.90 Å². The Balaban J connectivity index is 1.50. The predicted molar refractivity (Wildman–Crippen MR) is 105 cm³/mol. The van der Waals surface area contributed by atoms with Gasteiger partial charge in [0.1, 0.15) is 11.2 Å². The van der Waals surface area contributed by atoms with Crippen molar-refractivity contribution >= 4 is 40.9 Å². The molecule has 0 bridgehead atoms. The molecule has 7 heteroatoms. The molecule has 2 amide bonds. The normalized spacial score (nSPS) is 22.5. The Hall–Kier alpha value is -2.05. The first-order valence-corrected chi connectivity index (χ1v) is 10.2. The second kappa shape index (κ2) is 7.52. The SMILES string of the molecule is O=C1CC(C(=O)N2CCSC2c2ccc(Cl)cc2)CN1c1ccc(F)cc1. The Morgan fingerprint density at radius 3 is 2.52 bits per heavy atom. The fraction of sp³-hybridized carbons (Fsp3) is 0.300. The molecule has 0 aromatic heterocycles. The first-order chi connectivity index (χ1) is 13.0. The van der Waals surface area contributed by atoms with Gasteiger partial charge in [-0.1, -0.05) is 23.7 Å². The summed E-state index contributed by atoms with van der Waals surface area (Å²) in [6, 6.07) is 13.3. The van der Waals surface area contributed by atoms with Crippen LogP contribution in [0.4, 0.5) is 10.1 Å². The van der Waals surface area contributed by atoms with E-state index in [0.29, 0.717) is 23.8 Å². The van der Waals surface area contributed by atoms with Gasteiger partial charge in [-0.15, -0.1) is 11.8 Å². The zero-order valence-electron chi connectivity index (χ0n) is 14.5. The van der Waals surface area contributed by atoms with Crippen LogP contribution in [0.15, 0.2) is 48.5 Å². The molecule has 4 rings (SSSR count).